The SMILES string of the molecule is O=C(COc1ccc(C=NN2C(=O)[C@@H]3[C@H](C2=O)[C@H]2C=C[C@H]3C2)cc1[N+](=O)[O-])N1CCOCC1. The highest BCUT2D eigenvalue weighted by Gasteiger charge is 2.59. The number of nitro benzene ring substituents is 1. The first kappa shape index (κ1) is 21.3. The zero-order chi connectivity index (χ0) is 23.1. The number of amides is 3. The van der Waals surface area contributed by atoms with Gasteiger partial charge < -0.3 is 14.4 Å². The number of nitrogens with zero attached hydrogens (tertiary/aromatic N) is 4. The summed E-state index contributed by atoms with van der Waals surface area (Å²) in [4.78, 5) is 50.2. The van der Waals surface area contributed by atoms with E-state index in [0.717, 1.165) is 11.4 Å². The summed E-state index contributed by atoms with van der Waals surface area (Å²) in [5.41, 5.74) is -0.0146. The summed E-state index contributed by atoms with van der Waals surface area (Å²) in [5, 5.41) is 16.5. The second-order valence-corrected chi connectivity index (χ2v) is 8.50. The van der Waals surface area contributed by atoms with Gasteiger partial charge in [-0.3, -0.25) is 24.5 Å². The third-order valence-corrected chi connectivity index (χ3v) is 6.66. The maximum Gasteiger partial charge on any atom is 0.311 e. The molecule has 2 heterocycles. The van der Waals surface area contributed by atoms with Crippen LogP contribution in [0.15, 0.2) is 35.5 Å². The normalized spacial score (nSPS) is 28.1. The molecule has 4 aliphatic rings. The largest absolute Gasteiger partial charge is 0.477 e. The molecule has 0 N–H and O–H groups in total. The van der Waals surface area contributed by atoms with Crippen LogP contribution in [-0.2, 0) is 19.1 Å². The van der Waals surface area contributed by atoms with Gasteiger partial charge in [0.2, 0.25) is 0 Å². The highest BCUT2D eigenvalue weighted by Crippen LogP contribution is 2.52. The lowest BCUT2D eigenvalue weighted by Gasteiger charge is -2.26. The molecule has 2 saturated heterocycles. The molecule has 1 aromatic carbocycles. The Kier molecular flexibility index (Phi) is 5.41. The summed E-state index contributed by atoms with van der Waals surface area (Å²) in [6, 6.07) is 4.12. The molecular formula is C22H22N4O7. The van der Waals surface area contributed by atoms with Gasteiger partial charge in [0.25, 0.3) is 17.7 Å². The predicted octanol–water partition coefficient (Wildman–Crippen LogP) is 0.973. The number of allylic oxidation sites excluding steroid dienone is 2. The third-order valence-electron chi connectivity index (χ3n) is 6.66. The van der Waals surface area contributed by atoms with Gasteiger partial charge >= 0.3 is 5.69 Å². The summed E-state index contributed by atoms with van der Waals surface area (Å²) >= 11 is 0. The number of carbonyl (C=O) groups is 3. The Hall–Kier alpha value is -3.60. The van der Waals surface area contributed by atoms with Crippen LogP contribution in [0.1, 0.15) is 12.0 Å². The fourth-order valence-corrected chi connectivity index (χ4v) is 5.05. The topological polar surface area (TPSA) is 132 Å². The van der Waals surface area contributed by atoms with E-state index in [2.05, 4.69) is 5.10 Å². The maximum absolute atomic E-state index is 12.7. The first-order valence-electron chi connectivity index (χ1n) is 10.8. The van der Waals surface area contributed by atoms with Crippen molar-refractivity contribution >= 4 is 29.6 Å². The molecule has 3 fully saturated rings. The van der Waals surface area contributed by atoms with Crippen molar-refractivity contribution in [2.75, 3.05) is 32.9 Å². The van der Waals surface area contributed by atoms with Gasteiger partial charge in [0, 0.05) is 24.7 Å². The molecule has 172 valence electrons. The number of hydrogen-bond donors (Lipinski definition) is 0. The molecule has 0 radical (unpaired) electrons. The monoisotopic (exact) mass is 454 g/mol. The average molecular weight is 454 g/mol. The van der Waals surface area contributed by atoms with Crippen molar-refractivity contribution in [3.63, 3.8) is 0 Å². The van der Waals surface area contributed by atoms with Crippen LogP contribution in [0.4, 0.5) is 5.69 Å². The molecule has 1 saturated carbocycles. The Morgan fingerprint density at radius 2 is 1.85 bits per heavy atom. The molecule has 0 spiro atoms. The Labute approximate surface area is 188 Å². The number of morpholine rings is 1. The van der Waals surface area contributed by atoms with E-state index >= 15 is 0 Å². The standard InChI is InChI=1S/C22H22N4O7/c27-18(24-5-7-32-8-6-24)12-33-17-4-1-13(9-16(17)26(30)31)11-23-25-21(28)19-14-2-3-15(10-14)20(19)22(25)29/h1-4,9,11,14-15,19-20H,5-8,10,12H2/t14-,15-,19-,20+/m0/s1. The molecule has 33 heavy (non-hydrogen) atoms. The van der Waals surface area contributed by atoms with Gasteiger partial charge in [0.15, 0.2) is 12.4 Å². The van der Waals surface area contributed by atoms with Crippen LogP contribution in [0.25, 0.3) is 0 Å². The van der Waals surface area contributed by atoms with Crippen molar-refractivity contribution in [3.8, 4) is 5.75 Å². The molecule has 4 atom stereocenters. The van der Waals surface area contributed by atoms with Gasteiger partial charge in [-0.1, -0.05) is 12.2 Å². The highest BCUT2D eigenvalue weighted by molar-refractivity contribution is 6.06. The number of nitro groups is 1. The van der Waals surface area contributed by atoms with Crippen LogP contribution in [-0.4, -0.2) is 71.7 Å². The van der Waals surface area contributed by atoms with Gasteiger partial charge in [-0.2, -0.15) is 10.1 Å². The summed E-state index contributed by atoms with van der Waals surface area (Å²) in [5.74, 6) is -1.55. The van der Waals surface area contributed by atoms with Crippen molar-refractivity contribution in [3.05, 3.63) is 46.0 Å². The Bertz CT molecular complexity index is 1050. The van der Waals surface area contributed by atoms with Crippen molar-refractivity contribution in [1.29, 1.82) is 0 Å². The minimum absolute atomic E-state index is 0.0516. The van der Waals surface area contributed by atoms with Crippen LogP contribution in [0.3, 0.4) is 0 Å². The molecule has 11 heteroatoms. The van der Waals surface area contributed by atoms with E-state index < -0.39 is 4.92 Å². The number of hydrazone groups is 1. The van der Waals surface area contributed by atoms with E-state index in [-0.39, 0.29) is 59.4 Å². The molecule has 11 nitrogen and oxygen atoms in total. The third kappa shape index (κ3) is 3.78. The maximum atomic E-state index is 12.7. The lowest BCUT2D eigenvalue weighted by molar-refractivity contribution is -0.385. The van der Waals surface area contributed by atoms with Gasteiger partial charge in [0.05, 0.1) is 36.2 Å². The Balaban J connectivity index is 1.27. The number of fused-ring (bicyclic) bond motifs is 5. The minimum Gasteiger partial charge on any atom is -0.477 e. The highest BCUT2D eigenvalue weighted by atomic mass is 16.6. The van der Waals surface area contributed by atoms with Crippen LogP contribution in [0.5, 0.6) is 5.75 Å². The van der Waals surface area contributed by atoms with Crippen molar-refractivity contribution in [2.24, 2.45) is 28.8 Å². The Morgan fingerprint density at radius 1 is 1.18 bits per heavy atom. The number of benzene rings is 1. The van der Waals surface area contributed by atoms with Crippen LogP contribution < -0.4 is 4.74 Å². The molecule has 1 aromatic rings. The fraction of sp³-hybridized carbons (Fsp3) is 0.455. The lowest BCUT2D eigenvalue weighted by Crippen LogP contribution is -2.43. The van der Waals surface area contributed by atoms with Crippen molar-refractivity contribution in [1.82, 2.24) is 9.91 Å². The first-order valence-corrected chi connectivity index (χ1v) is 10.8. The molecule has 2 aliphatic carbocycles. The second-order valence-electron chi connectivity index (χ2n) is 8.50. The van der Waals surface area contributed by atoms with Gasteiger partial charge in [-0.25, -0.2) is 0 Å². The molecular weight excluding hydrogens is 432 g/mol. The first-order chi connectivity index (χ1) is 15.9. The van der Waals surface area contributed by atoms with E-state index in [9.17, 15) is 24.5 Å². The van der Waals surface area contributed by atoms with Crippen LogP contribution in [0.2, 0.25) is 0 Å². The van der Waals surface area contributed by atoms with Crippen LogP contribution in [0, 0.1) is 33.8 Å². The van der Waals surface area contributed by atoms with E-state index in [1.165, 1.54) is 24.4 Å². The summed E-state index contributed by atoms with van der Waals surface area (Å²) in [6.07, 6.45) is 6.07. The zero-order valence-corrected chi connectivity index (χ0v) is 17.7. The molecule has 2 bridgehead atoms. The average Bonchev–Trinajstić information content (AvgIpc) is 3.51. The summed E-state index contributed by atoms with van der Waals surface area (Å²) in [6.45, 7) is 1.46. The molecule has 0 aromatic heterocycles. The fourth-order valence-electron chi connectivity index (χ4n) is 5.05. The second kappa shape index (κ2) is 8.39. The molecule has 3 amide bonds. The van der Waals surface area contributed by atoms with E-state index in [1.54, 1.807) is 4.90 Å². The van der Waals surface area contributed by atoms with Crippen molar-refractivity contribution in [2.45, 2.75) is 6.42 Å². The van der Waals surface area contributed by atoms with Gasteiger partial charge in [-0.15, -0.1) is 0 Å². The summed E-state index contributed by atoms with van der Waals surface area (Å²) in [7, 11) is 0. The Morgan fingerprint density at radius 3 is 2.48 bits per heavy atom. The number of carbonyl (C=O) groups excluding carboxylic acids is 3. The predicted molar refractivity (Wildman–Crippen MR) is 113 cm³/mol. The molecule has 2 aliphatic heterocycles. The number of rotatable bonds is 6. The minimum atomic E-state index is -0.619. The molecule has 5 rings (SSSR count). The van der Waals surface area contributed by atoms with Crippen molar-refractivity contribution < 1.29 is 28.8 Å². The zero-order valence-electron chi connectivity index (χ0n) is 17.7. The molecule has 0 unspecified atom stereocenters. The van der Waals surface area contributed by atoms with Gasteiger partial charge in [0.1, 0.15) is 0 Å². The number of ether oxygens (including phenoxy) is 2. The van der Waals surface area contributed by atoms with E-state index in [0.29, 0.717) is 31.9 Å². The smallest absolute Gasteiger partial charge is 0.311 e. The van der Waals surface area contributed by atoms with E-state index in [4.69, 9.17) is 9.47 Å². The lowest BCUT2D eigenvalue weighted by atomic mass is 9.85. The van der Waals surface area contributed by atoms with Crippen LogP contribution >= 0.6 is 0 Å². The summed E-state index contributed by atoms with van der Waals surface area (Å²) < 4.78 is 10.6. The quantitative estimate of drug-likeness (QED) is 0.206. The van der Waals surface area contributed by atoms with Gasteiger partial charge in [-0.05, 0) is 30.4 Å². The van der Waals surface area contributed by atoms with E-state index in [1.807, 2.05) is 12.2 Å². The number of hydrogen-bond acceptors (Lipinski definition) is 8. The number of imide groups is 1.